The Balaban J connectivity index is 1.49. The lowest BCUT2D eigenvalue weighted by Crippen LogP contribution is -2.55. The van der Waals surface area contributed by atoms with Crippen LogP contribution in [0, 0.1) is 0 Å². The van der Waals surface area contributed by atoms with Crippen molar-refractivity contribution in [3.05, 3.63) is 70.7 Å². The number of hydrogen-bond acceptors (Lipinski definition) is 2. The van der Waals surface area contributed by atoms with E-state index in [4.69, 9.17) is 11.6 Å². The van der Waals surface area contributed by atoms with Crippen molar-refractivity contribution in [1.29, 1.82) is 0 Å². The van der Waals surface area contributed by atoms with Crippen molar-refractivity contribution in [1.82, 2.24) is 9.80 Å². The molecule has 1 atom stereocenters. The maximum absolute atomic E-state index is 14.2. The topological polar surface area (TPSA) is 23.6 Å². The normalized spacial score (nSPS) is 24.6. The summed E-state index contributed by atoms with van der Waals surface area (Å²) in [6.45, 7) is 2.78. The second kappa shape index (κ2) is 7.77. The van der Waals surface area contributed by atoms with E-state index >= 15 is 0 Å². The number of carbonyl (C=O) groups is 1. The standard InChI is InChI=1S/C25H29ClN2O/c26-21-10-8-20(9-11-21)25(14-4-5-15-25)24(29)28-17-16-27(22-12-13-22)18-23(28)19-6-2-1-3-7-19/h1-3,6-11,22-23H,4-5,12-18H2. The van der Waals surface area contributed by atoms with Gasteiger partial charge in [0.2, 0.25) is 5.91 Å². The van der Waals surface area contributed by atoms with Crippen molar-refractivity contribution < 1.29 is 4.79 Å². The highest BCUT2D eigenvalue weighted by Crippen LogP contribution is 2.45. The zero-order valence-corrected chi connectivity index (χ0v) is 17.7. The van der Waals surface area contributed by atoms with Gasteiger partial charge >= 0.3 is 0 Å². The Morgan fingerprint density at radius 1 is 0.931 bits per heavy atom. The molecule has 1 saturated heterocycles. The predicted octanol–water partition coefficient (Wildman–Crippen LogP) is 5.20. The molecule has 3 aliphatic rings. The molecule has 1 aliphatic heterocycles. The van der Waals surface area contributed by atoms with Gasteiger partial charge < -0.3 is 4.90 Å². The van der Waals surface area contributed by atoms with E-state index in [1.165, 1.54) is 18.4 Å². The molecule has 0 radical (unpaired) electrons. The van der Waals surface area contributed by atoms with E-state index in [1.807, 2.05) is 12.1 Å². The van der Waals surface area contributed by atoms with Gasteiger partial charge in [0.25, 0.3) is 0 Å². The molecule has 1 unspecified atom stereocenters. The lowest BCUT2D eigenvalue weighted by atomic mass is 9.77. The van der Waals surface area contributed by atoms with Gasteiger partial charge in [0.15, 0.2) is 0 Å². The highest BCUT2D eigenvalue weighted by Gasteiger charge is 2.48. The molecule has 4 heteroatoms. The summed E-state index contributed by atoms with van der Waals surface area (Å²) in [5, 5.41) is 0.731. The van der Waals surface area contributed by atoms with Crippen molar-refractivity contribution in [2.45, 2.75) is 56.0 Å². The third-order valence-corrected chi connectivity index (χ3v) is 7.44. The maximum Gasteiger partial charge on any atom is 0.233 e. The minimum atomic E-state index is -0.390. The molecular weight excluding hydrogens is 380 g/mol. The average molecular weight is 409 g/mol. The fourth-order valence-corrected chi connectivity index (χ4v) is 5.55. The summed E-state index contributed by atoms with van der Waals surface area (Å²) in [6.07, 6.45) is 6.74. The van der Waals surface area contributed by atoms with Gasteiger partial charge in [-0.15, -0.1) is 0 Å². The summed E-state index contributed by atoms with van der Waals surface area (Å²) in [7, 11) is 0. The highest BCUT2D eigenvalue weighted by atomic mass is 35.5. The quantitative estimate of drug-likeness (QED) is 0.694. The molecule has 2 aromatic rings. The van der Waals surface area contributed by atoms with Crippen molar-refractivity contribution in [2.24, 2.45) is 0 Å². The van der Waals surface area contributed by atoms with Gasteiger partial charge in [-0.3, -0.25) is 9.69 Å². The van der Waals surface area contributed by atoms with Crippen molar-refractivity contribution in [3.8, 4) is 0 Å². The molecule has 5 rings (SSSR count). The molecule has 3 nitrogen and oxygen atoms in total. The molecule has 0 bridgehead atoms. The van der Waals surface area contributed by atoms with Crippen LogP contribution in [0.15, 0.2) is 54.6 Å². The summed E-state index contributed by atoms with van der Waals surface area (Å²) in [4.78, 5) is 19.0. The van der Waals surface area contributed by atoms with Gasteiger partial charge in [-0.05, 0) is 48.9 Å². The first-order chi connectivity index (χ1) is 14.2. The van der Waals surface area contributed by atoms with Crippen LogP contribution in [0.3, 0.4) is 0 Å². The fraction of sp³-hybridized carbons (Fsp3) is 0.480. The molecule has 152 valence electrons. The molecule has 0 spiro atoms. The zero-order chi connectivity index (χ0) is 19.8. The molecule has 2 aromatic carbocycles. The van der Waals surface area contributed by atoms with Crippen LogP contribution in [0.4, 0.5) is 0 Å². The Labute approximate surface area is 178 Å². The second-order valence-electron chi connectivity index (χ2n) is 8.95. The summed E-state index contributed by atoms with van der Waals surface area (Å²) in [5.41, 5.74) is 2.01. The Morgan fingerprint density at radius 2 is 1.62 bits per heavy atom. The van der Waals surface area contributed by atoms with Crippen LogP contribution in [0.25, 0.3) is 0 Å². The molecule has 1 amide bonds. The van der Waals surface area contributed by atoms with Crippen LogP contribution < -0.4 is 0 Å². The minimum Gasteiger partial charge on any atom is -0.332 e. The number of amides is 1. The molecule has 2 aliphatic carbocycles. The summed E-state index contributed by atoms with van der Waals surface area (Å²) >= 11 is 6.15. The number of halogens is 1. The molecule has 0 aromatic heterocycles. The first kappa shape index (κ1) is 19.1. The number of piperazine rings is 1. The lowest BCUT2D eigenvalue weighted by Gasteiger charge is -2.45. The van der Waals surface area contributed by atoms with Crippen molar-refractivity contribution in [2.75, 3.05) is 19.6 Å². The predicted molar refractivity (Wildman–Crippen MR) is 117 cm³/mol. The molecule has 0 N–H and O–H groups in total. The van der Waals surface area contributed by atoms with E-state index in [1.54, 1.807) is 0 Å². The molecule has 3 fully saturated rings. The van der Waals surface area contributed by atoms with Crippen LogP contribution >= 0.6 is 11.6 Å². The van der Waals surface area contributed by atoms with Gasteiger partial charge in [0.1, 0.15) is 0 Å². The van der Waals surface area contributed by atoms with Crippen molar-refractivity contribution in [3.63, 3.8) is 0 Å². The van der Waals surface area contributed by atoms with Crippen molar-refractivity contribution >= 4 is 17.5 Å². The van der Waals surface area contributed by atoms with Crippen LogP contribution in [-0.4, -0.2) is 41.4 Å². The zero-order valence-electron chi connectivity index (χ0n) is 16.9. The molecule has 1 heterocycles. The molecule has 29 heavy (non-hydrogen) atoms. The molecular formula is C25H29ClN2O. The maximum atomic E-state index is 14.2. The summed E-state index contributed by atoms with van der Waals surface area (Å²) in [5.74, 6) is 0.321. The van der Waals surface area contributed by atoms with Crippen LogP contribution in [0.1, 0.15) is 55.7 Å². The number of nitrogens with zero attached hydrogens (tertiary/aromatic N) is 2. The minimum absolute atomic E-state index is 0.142. The third-order valence-electron chi connectivity index (χ3n) is 7.18. The second-order valence-corrected chi connectivity index (χ2v) is 9.38. The average Bonchev–Trinajstić information content (AvgIpc) is 3.50. The van der Waals surface area contributed by atoms with Gasteiger partial charge in [0, 0.05) is 30.7 Å². The van der Waals surface area contributed by atoms with E-state index in [0.717, 1.165) is 61.9 Å². The van der Waals surface area contributed by atoms with Gasteiger partial charge in [-0.1, -0.05) is 66.9 Å². The molecule has 2 saturated carbocycles. The van der Waals surface area contributed by atoms with E-state index < -0.39 is 0 Å². The van der Waals surface area contributed by atoms with E-state index in [9.17, 15) is 4.79 Å². The Hall–Kier alpha value is -1.84. The Kier molecular flexibility index (Phi) is 5.13. The van der Waals surface area contributed by atoms with Gasteiger partial charge in [0.05, 0.1) is 11.5 Å². The Bertz CT molecular complexity index is 856. The number of rotatable bonds is 4. The third kappa shape index (κ3) is 3.60. The van der Waals surface area contributed by atoms with E-state index in [2.05, 4.69) is 52.3 Å². The smallest absolute Gasteiger partial charge is 0.233 e. The van der Waals surface area contributed by atoms with E-state index in [0.29, 0.717) is 5.91 Å². The number of benzene rings is 2. The highest BCUT2D eigenvalue weighted by molar-refractivity contribution is 6.30. The van der Waals surface area contributed by atoms with E-state index in [-0.39, 0.29) is 11.5 Å². The first-order valence-electron chi connectivity index (χ1n) is 11.0. The summed E-state index contributed by atoms with van der Waals surface area (Å²) in [6, 6.07) is 19.5. The first-order valence-corrected chi connectivity index (χ1v) is 11.4. The van der Waals surface area contributed by atoms with Crippen LogP contribution in [0.5, 0.6) is 0 Å². The van der Waals surface area contributed by atoms with Gasteiger partial charge in [-0.25, -0.2) is 0 Å². The SMILES string of the molecule is O=C(N1CCN(C2CC2)CC1c1ccccc1)C1(c2ccc(Cl)cc2)CCCC1. The lowest BCUT2D eigenvalue weighted by molar-refractivity contribution is -0.143. The van der Waals surface area contributed by atoms with Crippen LogP contribution in [0.2, 0.25) is 5.02 Å². The van der Waals surface area contributed by atoms with Crippen LogP contribution in [-0.2, 0) is 10.2 Å². The fourth-order valence-electron chi connectivity index (χ4n) is 5.43. The monoisotopic (exact) mass is 408 g/mol. The largest absolute Gasteiger partial charge is 0.332 e. The number of carbonyl (C=O) groups excluding carboxylic acids is 1. The Morgan fingerprint density at radius 3 is 2.28 bits per heavy atom. The number of hydrogen-bond donors (Lipinski definition) is 0. The van der Waals surface area contributed by atoms with Gasteiger partial charge in [-0.2, -0.15) is 0 Å². The summed E-state index contributed by atoms with van der Waals surface area (Å²) < 4.78 is 0.